The summed E-state index contributed by atoms with van der Waals surface area (Å²) in [5.74, 6) is 1.93. The van der Waals surface area contributed by atoms with Crippen molar-refractivity contribution >= 4 is 17.8 Å². The van der Waals surface area contributed by atoms with E-state index >= 15 is 0 Å². The van der Waals surface area contributed by atoms with Crippen LogP contribution in [0.25, 0.3) is 0 Å². The number of carbonyl (C=O) groups is 1. The third-order valence-electron chi connectivity index (χ3n) is 4.75. The number of carbonyl (C=O) groups excluding carboxylic acids is 1. The van der Waals surface area contributed by atoms with Crippen molar-refractivity contribution in [2.75, 3.05) is 24.9 Å². The van der Waals surface area contributed by atoms with Gasteiger partial charge >= 0.3 is 5.91 Å². The van der Waals surface area contributed by atoms with E-state index in [1.165, 1.54) is 10.9 Å². The van der Waals surface area contributed by atoms with Crippen molar-refractivity contribution in [1.29, 1.82) is 0 Å². The molecule has 9 nitrogen and oxygen atoms in total. The van der Waals surface area contributed by atoms with E-state index in [9.17, 15) is 4.79 Å². The Morgan fingerprint density at radius 1 is 0.906 bits per heavy atom. The number of nitrogens with zero attached hydrogens (tertiary/aromatic N) is 3. The quantitative estimate of drug-likeness (QED) is 0.411. The van der Waals surface area contributed by atoms with Crippen LogP contribution in [0.3, 0.4) is 0 Å². The van der Waals surface area contributed by atoms with Crippen molar-refractivity contribution in [1.82, 2.24) is 14.8 Å². The van der Waals surface area contributed by atoms with Crippen LogP contribution in [0.1, 0.15) is 21.7 Å². The molecule has 0 amide bonds. The summed E-state index contributed by atoms with van der Waals surface area (Å²) in [4.78, 5) is 17.3. The van der Waals surface area contributed by atoms with Crippen molar-refractivity contribution in [3.63, 3.8) is 0 Å². The van der Waals surface area contributed by atoms with Gasteiger partial charge in [-0.1, -0.05) is 24.3 Å². The lowest BCUT2D eigenvalue weighted by atomic mass is 10.2. The Morgan fingerprint density at radius 3 is 2.03 bits per heavy atom. The van der Waals surface area contributed by atoms with Crippen LogP contribution in [0, 0.1) is 0 Å². The van der Waals surface area contributed by atoms with Crippen LogP contribution in [-0.4, -0.2) is 34.9 Å². The Morgan fingerprint density at radius 2 is 1.50 bits per heavy atom. The van der Waals surface area contributed by atoms with Crippen LogP contribution in [-0.2, 0) is 13.1 Å². The molecule has 0 spiro atoms. The Labute approximate surface area is 185 Å². The molecule has 164 valence electrons. The topological polar surface area (TPSA) is 103 Å². The highest BCUT2D eigenvalue weighted by Crippen LogP contribution is 2.17. The summed E-state index contributed by atoms with van der Waals surface area (Å²) in [7, 11) is 3.25. The minimum absolute atomic E-state index is 0.170. The molecule has 0 aliphatic carbocycles. The lowest BCUT2D eigenvalue weighted by Gasteiger charge is -2.07. The maximum atomic E-state index is 12.8. The number of furan rings is 1. The molecule has 0 saturated carbocycles. The predicted octanol–water partition coefficient (Wildman–Crippen LogP) is 3.80. The van der Waals surface area contributed by atoms with Crippen molar-refractivity contribution in [2.45, 2.75) is 13.1 Å². The predicted molar refractivity (Wildman–Crippen MR) is 119 cm³/mol. The maximum Gasteiger partial charge on any atom is 0.317 e. The molecule has 0 bridgehead atoms. The zero-order valence-corrected chi connectivity index (χ0v) is 17.7. The van der Waals surface area contributed by atoms with Gasteiger partial charge in [0.2, 0.25) is 11.9 Å². The lowest BCUT2D eigenvalue weighted by Crippen LogP contribution is -2.17. The van der Waals surface area contributed by atoms with E-state index in [4.69, 9.17) is 13.9 Å². The van der Waals surface area contributed by atoms with Gasteiger partial charge in [0.25, 0.3) is 0 Å². The SMILES string of the molecule is COc1ccc(CNc2nc(NCc3ccc(OC)cc3)n(C(=O)c3ccco3)n2)cc1. The minimum Gasteiger partial charge on any atom is -0.497 e. The number of ether oxygens (including phenoxy) is 2. The molecule has 2 N–H and O–H groups in total. The van der Waals surface area contributed by atoms with Crippen LogP contribution in [0.5, 0.6) is 11.5 Å². The number of hydrogen-bond donors (Lipinski definition) is 2. The first-order valence-corrected chi connectivity index (χ1v) is 9.95. The third kappa shape index (κ3) is 4.89. The molecule has 2 aromatic heterocycles. The number of methoxy groups -OCH3 is 2. The van der Waals surface area contributed by atoms with Gasteiger partial charge in [-0.3, -0.25) is 4.79 Å². The molecular weight excluding hydrogens is 410 g/mol. The number of hydrogen-bond acceptors (Lipinski definition) is 8. The van der Waals surface area contributed by atoms with Crippen LogP contribution < -0.4 is 20.1 Å². The molecule has 0 aliphatic rings. The van der Waals surface area contributed by atoms with Gasteiger partial charge in [-0.25, -0.2) is 0 Å². The van der Waals surface area contributed by atoms with Crippen LogP contribution in [0.2, 0.25) is 0 Å². The summed E-state index contributed by atoms with van der Waals surface area (Å²) in [6.45, 7) is 0.937. The first-order chi connectivity index (χ1) is 15.7. The summed E-state index contributed by atoms with van der Waals surface area (Å²) in [5.41, 5.74) is 2.02. The molecule has 0 radical (unpaired) electrons. The molecule has 0 atom stereocenters. The highest BCUT2D eigenvalue weighted by atomic mass is 16.5. The van der Waals surface area contributed by atoms with Crippen molar-refractivity contribution < 1.29 is 18.7 Å². The summed E-state index contributed by atoms with van der Waals surface area (Å²) in [6.07, 6.45) is 1.44. The first kappa shape index (κ1) is 21.0. The van der Waals surface area contributed by atoms with Crippen molar-refractivity contribution in [2.24, 2.45) is 0 Å². The van der Waals surface area contributed by atoms with E-state index in [0.717, 1.165) is 22.6 Å². The van der Waals surface area contributed by atoms with Crippen LogP contribution >= 0.6 is 0 Å². The second-order valence-corrected chi connectivity index (χ2v) is 6.86. The van der Waals surface area contributed by atoms with Gasteiger partial charge < -0.3 is 24.5 Å². The van der Waals surface area contributed by atoms with E-state index in [1.807, 2.05) is 48.5 Å². The van der Waals surface area contributed by atoms with Crippen molar-refractivity contribution in [3.05, 3.63) is 83.8 Å². The second kappa shape index (κ2) is 9.69. The Bertz CT molecular complexity index is 1150. The third-order valence-corrected chi connectivity index (χ3v) is 4.75. The fraction of sp³-hybridized carbons (Fsp3) is 0.174. The molecule has 0 unspecified atom stereocenters. The highest BCUT2D eigenvalue weighted by Gasteiger charge is 2.20. The molecule has 0 saturated heterocycles. The standard InChI is InChI=1S/C23H23N5O4/c1-30-18-9-5-16(6-10-18)14-24-22-26-23(25-15-17-7-11-19(31-2)12-8-17)28(27-22)21(29)20-4-3-13-32-20/h3-13H,14-15H2,1-2H3,(H2,24,25,26,27). The zero-order chi connectivity index (χ0) is 22.3. The summed E-state index contributed by atoms with van der Waals surface area (Å²) in [6, 6.07) is 18.5. The Kier molecular flexibility index (Phi) is 6.35. The van der Waals surface area contributed by atoms with Gasteiger partial charge in [0, 0.05) is 13.1 Å². The Hall–Kier alpha value is -4.27. The van der Waals surface area contributed by atoms with E-state index < -0.39 is 5.91 Å². The summed E-state index contributed by atoms with van der Waals surface area (Å²) in [5, 5.41) is 10.7. The molecule has 32 heavy (non-hydrogen) atoms. The van der Waals surface area contributed by atoms with Gasteiger partial charge in [-0.05, 0) is 47.5 Å². The normalized spacial score (nSPS) is 10.6. The number of anilines is 2. The summed E-state index contributed by atoms with van der Waals surface area (Å²) < 4.78 is 16.8. The smallest absolute Gasteiger partial charge is 0.317 e. The molecule has 0 aliphatic heterocycles. The fourth-order valence-corrected chi connectivity index (χ4v) is 3.00. The lowest BCUT2D eigenvalue weighted by molar-refractivity contribution is 0.0920. The van der Waals surface area contributed by atoms with Crippen LogP contribution in [0.15, 0.2) is 71.3 Å². The second-order valence-electron chi connectivity index (χ2n) is 6.86. The number of nitrogens with one attached hydrogen (secondary N) is 2. The summed E-state index contributed by atoms with van der Waals surface area (Å²) >= 11 is 0. The average Bonchev–Trinajstić information content (AvgIpc) is 3.52. The minimum atomic E-state index is -0.419. The van der Waals surface area contributed by atoms with E-state index in [0.29, 0.717) is 25.0 Å². The average molecular weight is 433 g/mol. The Balaban J connectivity index is 1.51. The number of benzene rings is 2. The zero-order valence-electron chi connectivity index (χ0n) is 17.7. The van der Waals surface area contributed by atoms with Gasteiger partial charge in [-0.2, -0.15) is 9.67 Å². The molecule has 4 rings (SSSR count). The molecule has 9 heteroatoms. The molecular formula is C23H23N5O4. The molecule has 0 fully saturated rings. The molecule has 4 aromatic rings. The van der Waals surface area contributed by atoms with E-state index in [1.54, 1.807) is 26.4 Å². The van der Waals surface area contributed by atoms with Gasteiger partial charge in [0.1, 0.15) is 11.5 Å². The number of aromatic nitrogens is 3. The molecule has 2 heterocycles. The van der Waals surface area contributed by atoms with E-state index in [2.05, 4.69) is 20.7 Å². The first-order valence-electron chi connectivity index (χ1n) is 9.95. The van der Waals surface area contributed by atoms with Gasteiger partial charge in [-0.15, -0.1) is 5.10 Å². The van der Waals surface area contributed by atoms with Gasteiger partial charge in [0.05, 0.1) is 20.5 Å². The molecule has 2 aromatic carbocycles. The van der Waals surface area contributed by atoms with Crippen LogP contribution in [0.4, 0.5) is 11.9 Å². The van der Waals surface area contributed by atoms with Gasteiger partial charge in [0.15, 0.2) is 5.76 Å². The maximum absolute atomic E-state index is 12.8. The fourth-order valence-electron chi connectivity index (χ4n) is 3.00. The largest absolute Gasteiger partial charge is 0.497 e. The monoisotopic (exact) mass is 433 g/mol. The highest BCUT2D eigenvalue weighted by molar-refractivity contribution is 5.94. The number of rotatable bonds is 9. The van der Waals surface area contributed by atoms with Crippen molar-refractivity contribution in [3.8, 4) is 11.5 Å². The van der Waals surface area contributed by atoms with E-state index in [-0.39, 0.29) is 5.76 Å².